The number of ketones is 1. The van der Waals surface area contributed by atoms with Crippen LogP contribution in [0.5, 0.6) is 0 Å². The third kappa shape index (κ3) is 3.55. The third-order valence-electron chi connectivity index (χ3n) is 4.60. The van der Waals surface area contributed by atoms with Gasteiger partial charge in [0.25, 0.3) is 5.22 Å². The highest BCUT2D eigenvalue weighted by atomic mass is 32.2. The number of hydrogen-bond donors (Lipinski definition) is 0. The molecule has 0 aliphatic carbocycles. The monoisotopic (exact) mass is 394 g/mol. The second kappa shape index (κ2) is 7.55. The number of carbonyl (C=O) groups is 2. The Hall–Kier alpha value is -3.00. The summed E-state index contributed by atoms with van der Waals surface area (Å²) in [6, 6.07) is 9.13. The number of anilines is 1. The number of thioether (sulfide) groups is 1. The molecule has 8 heteroatoms. The van der Waals surface area contributed by atoms with E-state index < -0.39 is 0 Å². The summed E-state index contributed by atoms with van der Waals surface area (Å²) in [6.07, 6.45) is 4.07. The second-order valence-corrected chi connectivity index (χ2v) is 7.80. The summed E-state index contributed by atoms with van der Waals surface area (Å²) >= 11 is 1.23. The summed E-state index contributed by atoms with van der Waals surface area (Å²) in [5, 5.41) is 7.99. The van der Waals surface area contributed by atoms with Crippen LogP contribution in [0.25, 0.3) is 11.5 Å². The topological polar surface area (TPSA) is 89.2 Å². The number of hydrogen-bond acceptors (Lipinski definition) is 7. The number of benzene rings is 1. The van der Waals surface area contributed by atoms with Gasteiger partial charge in [0, 0.05) is 37.1 Å². The van der Waals surface area contributed by atoms with Gasteiger partial charge in [-0.3, -0.25) is 14.6 Å². The highest BCUT2D eigenvalue weighted by Gasteiger charge is 2.25. The molecule has 1 aliphatic rings. The summed E-state index contributed by atoms with van der Waals surface area (Å²) < 4.78 is 5.65. The summed E-state index contributed by atoms with van der Waals surface area (Å²) in [4.78, 5) is 30.3. The van der Waals surface area contributed by atoms with Gasteiger partial charge in [-0.15, -0.1) is 10.2 Å². The van der Waals surface area contributed by atoms with Crippen molar-refractivity contribution in [2.45, 2.75) is 30.7 Å². The largest absolute Gasteiger partial charge is 0.411 e. The number of nitrogens with zero attached hydrogens (tertiary/aromatic N) is 4. The first-order valence-corrected chi connectivity index (χ1v) is 9.76. The smallest absolute Gasteiger partial charge is 0.277 e. The van der Waals surface area contributed by atoms with Gasteiger partial charge in [0.1, 0.15) is 0 Å². The minimum Gasteiger partial charge on any atom is -0.411 e. The van der Waals surface area contributed by atoms with E-state index in [4.69, 9.17) is 4.42 Å². The van der Waals surface area contributed by atoms with E-state index in [0.717, 1.165) is 23.2 Å². The van der Waals surface area contributed by atoms with Gasteiger partial charge in [0.2, 0.25) is 11.8 Å². The first-order chi connectivity index (χ1) is 13.5. The van der Waals surface area contributed by atoms with Crippen molar-refractivity contribution in [3.63, 3.8) is 0 Å². The van der Waals surface area contributed by atoms with Crippen LogP contribution < -0.4 is 4.90 Å². The Labute approximate surface area is 166 Å². The molecule has 7 nitrogen and oxygen atoms in total. The standard InChI is InChI=1S/C20H18N4O3S/c1-12(28-20-23-22-19(27-20)16-4-3-8-21-11-16)18(26)15-5-6-17-14(10-15)7-9-24(17)13(2)25/h3-6,8,10-12H,7,9H2,1-2H3/t12-/m1/s1. The van der Waals surface area contributed by atoms with Crippen LogP contribution in [0.15, 0.2) is 52.4 Å². The van der Waals surface area contributed by atoms with Crippen LogP contribution in [0, 0.1) is 0 Å². The summed E-state index contributed by atoms with van der Waals surface area (Å²) in [5.74, 6) is 0.370. The second-order valence-electron chi connectivity index (χ2n) is 6.50. The van der Waals surface area contributed by atoms with E-state index in [1.165, 1.54) is 11.8 Å². The molecule has 0 N–H and O–H groups in total. The number of rotatable bonds is 5. The molecular formula is C20H18N4O3S. The van der Waals surface area contributed by atoms with Gasteiger partial charge >= 0.3 is 0 Å². The Morgan fingerprint density at radius 2 is 2.11 bits per heavy atom. The van der Waals surface area contributed by atoms with E-state index in [0.29, 0.717) is 23.2 Å². The molecule has 1 aliphatic heterocycles. The number of Topliss-reactive ketones (excluding diaryl/α,β-unsaturated/α-hetero) is 1. The van der Waals surface area contributed by atoms with E-state index in [9.17, 15) is 9.59 Å². The van der Waals surface area contributed by atoms with Gasteiger partial charge in [0.15, 0.2) is 5.78 Å². The first kappa shape index (κ1) is 18.4. The fourth-order valence-corrected chi connectivity index (χ4v) is 3.95. The Morgan fingerprint density at radius 1 is 1.25 bits per heavy atom. The molecular weight excluding hydrogens is 376 g/mol. The predicted octanol–water partition coefficient (Wildman–Crippen LogP) is 3.40. The van der Waals surface area contributed by atoms with Gasteiger partial charge in [-0.2, -0.15) is 0 Å². The van der Waals surface area contributed by atoms with Gasteiger partial charge in [0.05, 0.1) is 10.8 Å². The van der Waals surface area contributed by atoms with Crippen LogP contribution in [0.2, 0.25) is 0 Å². The van der Waals surface area contributed by atoms with Gasteiger partial charge < -0.3 is 9.32 Å². The number of amides is 1. The van der Waals surface area contributed by atoms with Crippen molar-refractivity contribution in [1.82, 2.24) is 15.2 Å². The van der Waals surface area contributed by atoms with Crippen LogP contribution in [0.1, 0.15) is 29.8 Å². The average Bonchev–Trinajstić information content (AvgIpc) is 3.34. The van der Waals surface area contributed by atoms with E-state index in [1.807, 2.05) is 25.1 Å². The van der Waals surface area contributed by atoms with Gasteiger partial charge in [-0.1, -0.05) is 11.8 Å². The lowest BCUT2D eigenvalue weighted by molar-refractivity contribution is -0.116. The van der Waals surface area contributed by atoms with Gasteiger partial charge in [-0.25, -0.2) is 0 Å². The molecule has 0 radical (unpaired) electrons. The fraction of sp³-hybridized carbons (Fsp3) is 0.250. The lowest BCUT2D eigenvalue weighted by Gasteiger charge is -2.15. The maximum Gasteiger partial charge on any atom is 0.277 e. The molecule has 0 spiro atoms. The van der Waals surface area contributed by atoms with Crippen LogP contribution in [-0.2, 0) is 11.2 Å². The highest BCUT2D eigenvalue weighted by molar-refractivity contribution is 8.00. The average molecular weight is 394 g/mol. The third-order valence-corrected chi connectivity index (χ3v) is 5.54. The SMILES string of the molecule is CC(=O)N1CCc2cc(C(=O)[C@@H](C)Sc3nnc(-c4cccnc4)o3)ccc21. The Kier molecular flexibility index (Phi) is 4.95. The van der Waals surface area contributed by atoms with E-state index in [1.54, 1.807) is 36.4 Å². The van der Waals surface area contributed by atoms with Crippen molar-refractivity contribution in [3.05, 3.63) is 53.9 Å². The first-order valence-electron chi connectivity index (χ1n) is 8.89. The zero-order valence-corrected chi connectivity index (χ0v) is 16.3. The fourth-order valence-electron chi connectivity index (χ4n) is 3.18. The molecule has 1 aromatic carbocycles. The van der Waals surface area contributed by atoms with Crippen molar-refractivity contribution < 1.29 is 14.0 Å². The minimum absolute atomic E-state index is 0.0163. The zero-order valence-electron chi connectivity index (χ0n) is 15.5. The molecule has 0 unspecified atom stereocenters. The molecule has 2 aromatic heterocycles. The maximum atomic E-state index is 12.8. The predicted molar refractivity (Wildman–Crippen MR) is 105 cm³/mol. The maximum absolute atomic E-state index is 12.8. The van der Waals surface area contributed by atoms with Crippen molar-refractivity contribution in [3.8, 4) is 11.5 Å². The molecule has 3 heterocycles. The minimum atomic E-state index is -0.384. The van der Waals surface area contributed by atoms with Crippen LogP contribution in [-0.4, -0.2) is 38.7 Å². The number of aromatic nitrogens is 3. The van der Waals surface area contributed by atoms with E-state index in [2.05, 4.69) is 15.2 Å². The Morgan fingerprint density at radius 3 is 2.86 bits per heavy atom. The molecule has 0 saturated carbocycles. The molecule has 28 heavy (non-hydrogen) atoms. The molecule has 0 fully saturated rings. The molecule has 1 amide bonds. The highest BCUT2D eigenvalue weighted by Crippen LogP contribution is 2.31. The van der Waals surface area contributed by atoms with Crippen LogP contribution in [0.3, 0.4) is 0 Å². The lowest BCUT2D eigenvalue weighted by atomic mass is 10.0. The van der Waals surface area contributed by atoms with Crippen molar-refractivity contribution in [2.24, 2.45) is 0 Å². The molecule has 3 aromatic rings. The molecule has 142 valence electrons. The molecule has 1 atom stereocenters. The van der Waals surface area contributed by atoms with E-state index >= 15 is 0 Å². The number of pyridine rings is 1. The Bertz CT molecular complexity index is 1030. The van der Waals surface area contributed by atoms with Crippen LogP contribution >= 0.6 is 11.8 Å². The van der Waals surface area contributed by atoms with Crippen molar-refractivity contribution in [1.29, 1.82) is 0 Å². The molecule has 0 bridgehead atoms. The Balaban J connectivity index is 1.47. The number of carbonyl (C=O) groups excluding carboxylic acids is 2. The van der Waals surface area contributed by atoms with Crippen molar-refractivity contribution >= 4 is 29.1 Å². The summed E-state index contributed by atoms with van der Waals surface area (Å²) in [7, 11) is 0. The van der Waals surface area contributed by atoms with E-state index in [-0.39, 0.29) is 16.9 Å². The normalized spacial score (nSPS) is 14.0. The quantitative estimate of drug-likeness (QED) is 0.484. The summed E-state index contributed by atoms with van der Waals surface area (Å²) in [5.41, 5.74) is 3.27. The zero-order chi connectivity index (χ0) is 19.7. The van der Waals surface area contributed by atoms with Gasteiger partial charge in [-0.05, 0) is 49.2 Å². The van der Waals surface area contributed by atoms with Crippen LogP contribution in [0.4, 0.5) is 5.69 Å². The summed E-state index contributed by atoms with van der Waals surface area (Å²) in [6.45, 7) is 4.03. The lowest BCUT2D eigenvalue weighted by Crippen LogP contribution is -2.25. The molecule has 0 saturated heterocycles. The number of fused-ring (bicyclic) bond motifs is 1. The van der Waals surface area contributed by atoms with Crippen molar-refractivity contribution in [2.75, 3.05) is 11.4 Å². The molecule has 4 rings (SSSR count).